The Balaban J connectivity index is -0.00000000167. The summed E-state index contributed by atoms with van der Waals surface area (Å²) in [5.41, 5.74) is 0. The summed E-state index contributed by atoms with van der Waals surface area (Å²) in [5.74, 6) is 0. The fourth-order valence-electron chi connectivity index (χ4n) is 0. The maximum Gasteiger partial charge on any atom is 2.00 e. The van der Waals surface area contributed by atoms with Gasteiger partial charge in [0.1, 0.15) is 0 Å². The van der Waals surface area contributed by atoms with Crippen LogP contribution in [0.15, 0.2) is 0 Å². The minimum absolute atomic E-state index is 0. The SMILES string of the molecule is O.O.O.[C-]#N.[C-]#N.[C-]#N.[C-]#N.[C-]#N.[C-]#N.[Fe+2].[Na+].[Na+].[Na+].[Na+]. The van der Waals surface area contributed by atoms with Crippen LogP contribution in [0.1, 0.15) is 0 Å². The molecule has 0 radical (unpaired) electrons. The third-order valence-electron chi connectivity index (χ3n) is 0. The molecular weight excluding hydrogens is 352 g/mol. The average molecular weight is 358 g/mol. The van der Waals surface area contributed by atoms with E-state index in [2.05, 4.69) is 0 Å². The van der Waals surface area contributed by atoms with E-state index in [1.807, 2.05) is 0 Å². The Kier molecular flexibility index (Phi) is 34700. The minimum Gasteiger partial charge on any atom is -0.512 e. The van der Waals surface area contributed by atoms with Crippen LogP contribution in [0, 0.1) is 71.0 Å². The molecule has 0 fully saturated rings. The number of hydrogen-bond donors (Lipinski definition) is 0. The Labute approximate surface area is 219 Å². The molecule has 0 spiro atoms. The van der Waals surface area contributed by atoms with Crippen LogP contribution in [-0.4, -0.2) is 16.4 Å². The Hall–Kier alpha value is 1.34. The Bertz CT molecular complexity index is 118. The van der Waals surface area contributed by atoms with Gasteiger partial charge < -0.3 is 87.4 Å². The summed E-state index contributed by atoms with van der Waals surface area (Å²) in [5, 5.41) is 37.5. The predicted octanol–water partition coefficient (Wildman–Crippen LogP) is -13.9. The second-order valence-electron chi connectivity index (χ2n) is 0. The Morgan fingerprint density at radius 2 is 0.300 bits per heavy atom. The van der Waals surface area contributed by atoms with Crippen molar-refractivity contribution in [1.29, 1.82) is 31.6 Å². The third kappa shape index (κ3) is 3630. The maximum atomic E-state index is 6.25. The first-order valence-electron chi connectivity index (χ1n) is 1.34. The molecule has 0 aromatic heterocycles. The van der Waals surface area contributed by atoms with Crippen molar-refractivity contribution in [3.8, 4) is 0 Å². The second-order valence-corrected chi connectivity index (χ2v) is 0. The molecule has 0 aliphatic carbocycles. The number of hydrogen-bond acceptors (Lipinski definition) is 6. The van der Waals surface area contributed by atoms with E-state index in [1.54, 1.807) is 0 Å². The predicted molar refractivity (Wildman–Crippen MR) is 40.6 cm³/mol. The van der Waals surface area contributed by atoms with E-state index >= 15 is 0 Å². The molecule has 14 heteroatoms. The van der Waals surface area contributed by atoms with Gasteiger partial charge in [0.2, 0.25) is 0 Å². The van der Waals surface area contributed by atoms with Crippen molar-refractivity contribution < 1.29 is 152 Å². The standard InChI is InChI=1S/6CN.Fe.4Na.3H2O/c6*1-2;;;;;;;;/h;;;;;;;;;;;3*1H2/q6*-1;+2;4*+1;;;. The van der Waals surface area contributed by atoms with Crippen molar-refractivity contribution in [3.63, 3.8) is 0 Å². The maximum absolute atomic E-state index is 6.25. The first kappa shape index (κ1) is 164. The van der Waals surface area contributed by atoms with Crippen molar-refractivity contribution in [2.24, 2.45) is 0 Å². The van der Waals surface area contributed by atoms with Crippen LogP contribution in [0.4, 0.5) is 0 Å². The van der Waals surface area contributed by atoms with Gasteiger partial charge in [0.05, 0.1) is 0 Å². The molecule has 0 saturated heterocycles. The first-order valence-corrected chi connectivity index (χ1v) is 1.34. The van der Waals surface area contributed by atoms with E-state index in [9.17, 15) is 0 Å². The van der Waals surface area contributed by atoms with Crippen LogP contribution in [0.5, 0.6) is 0 Å². The van der Waals surface area contributed by atoms with Gasteiger partial charge in [0.15, 0.2) is 0 Å². The molecule has 0 bridgehead atoms. The summed E-state index contributed by atoms with van der Waals surface area (Å²) in [7, 11) is 0. The van der Waals surface area contributed by atoms with Crippen LogP contribution in [0.2, 0.25) is 0 Å². The fraction of sp³-hybridized carbons (Fsp3) is 0. The van der Waals surface area contributed by atoms with Crippen LogP contribution in [0.3, 0.4) is 0 Å². The van der Waals surface area contributed by atoms with E-state index in [4.69, 9.17) is 71.0 Å². The molecule has 0 aliphatic heterocycles. The zero-order valence-electron chi connectivity index (χ0n) is 11.5. The molecule has 90 valence electrons. The monoisotopic (exact) mass is 358 g/mol. The van der Waals surface area contributed by atoms with Crippen LogP contribution in [-0.2, 0) is 17.1 Å². The molecule has 0 aromatic carbocycles. The van der Waals surface area contributed by atoms with Crippen molar-refractivity contribution in [1.82, 2.24) is 0 Å². The van der Waals surface area contributed by atoms with Gasteiger partial charge in [-0.2, -0.15) is 0 Å². The van der Waals surface area contributed by atoms with Gasteiger partial charge in [-0.3, -0.25) is 0 Å². The van der Waals surface area contributed by atoms with E-state index in [0.29, 0.717) is 0 Å². The van der Waals surface area contributed by atoms with E-state index < -0.39 is 0 Å². The quantitative estimate of drug-likeness (QED) is 0.300. The van der Waals surface area contributed by atoms with Crippen molar-refractivity contribution in [3.05, 3.63) is 39.4 Å². The van der Waals surface area contributed by atoms with Gasteiger partial charge in [0, 0.05) is 0 Å². The van der Waals surface area contributed by atoms with Crippen LogP contribution < -0.4 is 118 Å². The molecule has 9 nitrogen and oxygen atoms in total. The van der Waals surface area contributed by atoms with E-state index in [0.717, 1.165) is 0 Å². The van der Waals surface area contributed by atoms with Crippen molar-refractivity contribution in [2.45, 2.75) is 0 Å². The zero-order valence-corrected chi connectivity index (χ0v) is 20.6. The normalized spacial score (nSPS) is 0.600. The van der Waals surface area contributed by atoms with Crippen molar-refractivity contribution >= 4 is 0 Å². The topological polar surface area (TPSA) is 237 Å². The first-order chi connectivity index (χ1) is 6.00. The fourth-order valence-corrected chi connectivity index (χ4v) is 0. The molecule has 0 rings (SSSR count). The molecule has 20 heavy (non-hydrogen) atoms. The van der Waals surface area contributed by atoms with Gasteiger partial charge in [-0.1, -0.05) is 0 Å². The summed E-state index contributed by atoms with van der Waals surface area (Å²) >= 11 is 0. The summed E-state index contributed by atoms with van der Waals surface area (Å²) in [6.07, 6.45) is 0. The van der Waals surface area contributed by atoms with Crippen molar-refractivity contribution in [2.75, 3.05) is 0 Å². The Morgan fingerprint density at radius 1 is 0.300 bits per heavy atom. The smallest absolute Gasteiger partial charge is 0.512 e. The molecule has 0 heterocycles. The average Bonchev–Trinajstić information content (AvgIpc) is 2.33. The molecule has 0 atom stereocenters. The summed E-state index contributed by atoms with van der Waals surface area (Å²) in [6, 6.07) is 0. The molecular formula is C6H6FeN6Na4O3. The van der Waals surface area contributed by atoms with E-state index in [-0.39, 0.29) is 152 Å². The largest absolute Gasteiger partial charge is 2.00 e. The van der Waals surface area contributed by atoms with Gasteiger partial charge in [0.25, 0.3) is 0 Å². The summed E-state index contributed by atoms with van der Waals surface area (Å²) in [4.78, 5) is 0. The third-order valence-corrected chi connectivity index (χ3v) is 0. The summed E-state index contributed by atoms with van der Waals surface area (Å²) < 4.78 is 0. The van der Waals surface area contributed by atoms with Crippen LogP contribution in [0.25, 0.3) is 0 Å². The molecule has 0 aromatic rings. The molecule has 6 N–H and O–H groups in total. The second kappa shape index (κ2) is 4240. The zero-order chi connectivity index (χ0) is 12.0. The molecule has 0 saturated carbocycles. The van der Waals surface area contributed by atoms with Gasteiger partial charge in [-0.15, -0.1) is 0 Å². The van der Waals surface area contributed by atoms with Gasteiger partial charge >= 0.3 is 135 Å². The molecule has 0 amide bonds. The molecule has 0 aliphatic rings. The Morgan fingerprint density at radius 3 is 0.300 bits per heavy atom. The van der Waals surface area contributed by atoms with Crippen LogP contribution >= 0.6 is 0 Å². The number of rotatable bonds is 0. The number of nitrogens with zero attached hydrogens (tertiary/aromatic N) is 6. The van der Waals surface area contributed by atoms with E-state index in [1.165, 1.54) is 0 Å². The van der Waals surface area contributed by atoms with Gasteiger partial charge in [-0.05, 0) is 0 Å². The molecule has 0 unspecified atom stereocenters. The minimum atomic E-state index is 0. The van der Waals surface area contributed by atoms with Gasteiger partial charge in [-0.25, -0.2) is 0 Å². The summed E-state index contributed by atoms with van der Waals surface area (Å²) in [6.45, 7) is 28.5.